The van der Waals surface area contributed by atoms with Gasteiger partial charge in [-0.05, 0) is 36.6 Å². The van der Waals surface area contributed by atoms with Gasteiger partial charge < -0.3 is 14.7 Å². The van der Waals surface area contributed by atoms with Gasteiger partial charge in [-0.25, -0.2) is 4.98 Å². The zero-order valence-electron chi connectivity index (χ0n) is 15.6. The summed E-state index contributed by atoms with van der Waals surface area (Å²) in [6, 6.07) is 11.9. The van der Waals surface area contributed by atoms with Gasteiger partial charge in [-0.3, -0.25) is 9.59 Å². The molecule has 1 aromatic carbocycles. The third kappa shape index (κ3) is 3.52. The molecule has 0 unspecified atom stereocenters. The van der Waals surface area contributed by atoms with Crippen LogP contribution in [0.2, 0.25) is 0 Å². The van der Waals surface area contributed by atoms with E-state index in [1.165, 1.54) is 5.56 Å². The number of rotatable bonds is 2. The van der Waals surface area contributed by atoms with Crippen LogP contribution in [0.4, 0.5) is 11.4 Å². The van der Waals surface area contributed by atoms with Gasteiger partial charge in [0.15, 0.2) is 0 Å². The Morgan fingerprint density at radius 1 is 0.963 bits per heavy atom. The standard InChI is InChI=1S/C21H24N4O2/c1-16(26)23-11-13-24(14-12-23)18-8-9-19(22-15-18)21(27)25-10-4-6-17-5-2-3-7-20(17)25/h2-3,5,7-9,15H,4,6,10-14H2,1H3. The minimum Gasteiger partial charge on any atom is -0.367 e. The quantitative estimate of drug-likeness (QED) is 0.821. The van der Waals surface area contributed by atoms with Crippen molar-refractivity contribution in [2.75, 3.05) is 42.5 Å². The van der Waals surface area contributed by atoms with Gasteiger partial charge in [0.05, 0.1) is 11.9 Å². The highest BCUT2D eigenvalue weighted by Gasteiger charge is 2.24. The summed E-state index contributed by atoms with van der Waals surface area (Å²) in [7, 11) is 0. The fraction of sp³-hybridized carbons (Fsp3) is 0.381. The minimum atomic E-state index is -0.0462. The van der Waals surface area contributed by atoms with Crippen LogP contribution in [-0.2, 0) is 11.2 Å². The van der Waals surface area contributed by atoms with Crippen molar-refractivity contribution in [3.05, 3.63) is 53.9 Å². The van der Waals surface area contributed by atoms with Gasteiger partial charge in [0.25, 0.3) is 5.91 Å². The molecule has 6 heteroatoms. The van der Waals surface area contributed by atoms with Crippen LogP contribution < -0.4 is 9.80 Å². The number of aryl methyl sites for hydroxylation is 1. The smallest absolute Gasteiger partial charge is 0.276 e. The molecule has 0 aliphatic carbocycles. The zero-order valence-corrected chi connectivity index (χ0v) is 15.6. The van der Waals surface area contributed by atoms with E-state index in [0.717, 1.165) is 56.9 Å². The van der Waals surface area contributed by atoms with E-state index < -0.39 is 0 Å². The van der Waals surface area contributed by atoms with Gasteiger partial charge in [0.2, 0.25) is 5.91 Å². The number of piperazine rings is 1. The van der Waals surface area contributed by atoms with Crippen molar-refractivity contribution in [2.24, 2.45) is 0 Å². The summed E-state index contributed by atoms with van der Waals surface area (Å²) in [5.74, 6) is 0.0747. The fourth-order valence-electron chi connectivity index (χ4n) is 3.86. The summed E-state index contributed by atoms with van der Waals surface area (Å²) < 4.78 is 0. The van der Waals surface area contributed by atoms with Gasteiger partial charge in [-0.1, -0.05) is 18.2 Å². The molecule has 2 amide bonds. The Balaban J connectivity index is 1.47. The van der Waals surface area contributed by atoms with Crippen LogP contribution in [0.25, 0.3) is 0 Å². The van der Waals surface area contributed by atoms with E-state index in [9.17, 15) is 9.59 Å². The summed E-state index contributed by atoms with van der Waals surface area (Å²) in [5.41, 5.74) is 3.68. The number of benzene rings is 1. The van der Waals surface area contributed by atoms with Gasteiger partial charge in [-0.15, -0.1) is 0 Å². The predicted molar refractivity (Wildman–Crippen MR) is 105 cm³/mol. The first kappa shape index (κ1) is 17.5. The van der Waals surface area contributed by atoms with Crippen LogP contribution in [0.1, 0.15) is 29.4 Å². The van der Waals surface area contributed by atoms with E-state index in [-0.39, 0.29) is 11.8 Å². The highest BCUT2D eigenvalue weighted by molar-refractivity contribution is 6.05. The van der Waals surface area contributed by atoms with Crippen LogP contribution in [0.15, 0.2) is 42.6 Å². The molecule has 1 fully saturated rings. The molecule has 0 radical (unpaired) electrons. The Hall–Kier alpha value is -2.89. The molecule has 1 saturated heterocycles. The molecule has 4 rings (SSSR count). The molecule has 0 bridgehead atoms. The molecular weight excluding hydrogens is 340 g/mol. The van der Waals surface area contributed by atoms with Gasteiger partial charge >= 0.3 is 0 Å². The highest BCUT2D eigenvalue weighted by Crippen LogP contribution is 2.28. The van der Waals surface area contributed by atoms with Gasteiger partial charge in [-0.2, -0.15) is 0 Å². The molecule has 27 heavy (non-hydrogen) atoms. The molecular formula is C21H24N4O2. The second kappa shape index (κ2) is 7.39. The highest BCUT2D eigenvalue weighted by atomic mass is 16.2. The zero-order chi connectivity index (χ0) is 18.8. The lowest BCUT2D eigenvalue weighted by atomic mass is 10.0. The Kier molecular flexibility index (Phi) is 4.79. The summed E-state index contributed by atoms with van der Waals surface area (Å²) in [6.45, 7) is 5.35. The van der Waals surface area contributed by atoms with Crippen LogP contribution in [0.5, 0.6) is 0 Å². The van der Waals surface area contributed by atoms with Gasteiger partial charge in [0.1, 0.15) is 5.69 Å². The van der Waals surface area contributed by atoms with Crippen molar-refractivity contribution in [3.63, 3.8) is 0 Å². The van der Waals surface area contributed by atoms with Crippen molar-refractivity contribution in [1.29, 1.82) is 0 Å². The summed E-state index contributed by atoms with van der Waals surface area (Å²) in [4.78, 5) is 34.8. The second-order valence-electron chi connectivity index (χ2n) is 7.08. The lowest BCUT2D eigenvalue weighted by Crippen LogP contribution is -2.48. The number of pyridine rings is 1. The monoisotopic (exact) mass is 364 g/mol. The molecule has 1 aromatic heterocycles. The molecule has 2 aromatic rings. The van der Waals surface area contributed by atoms with E-state index in [1.54, 1.807) is 13.1 Å². The molecule has 140 valence electrons. The van der Waals surface area contributed by atoms with Crippen LogP contribution in [0.3, 0.4) is 0 Å². The lowest BCUT2D eigenvalue weighted by molar-refractivity contribution is -0.129. The molecule has 3 heterocycles. The van der Waals surface area contributed by atoms with Crippen molar-refractivity contribution < 1.29 is 9.59 Å². The predicted octanol–water partition coefficient (Wildman–Crippen LogP) is 2.34. The summed E-state index contributed by atoms with van der Waals surface area (Å²) >= 11 is 0. The Labute approximate surface area is 159 Å². The number of anilines is 2. The number of carbonyl (C=O) groups excluding carboxylic acids is 2. The number of para-hydroxylation sites is 1. The SMILES string of the molecule is CC(=O)N1CCN(c2ccc(C(=O)N3CCCc4ccccc43)nc2)CC1. The average molecular weight is 364 g/mol. The topological polar surface area (TPSA) is 56.8 Å². The summed E-state index contributed by atoms with van der Waals surface area (Å²) in [5, 5.41) is 0. The molecule has 6 nitrogen and oxygen atoms in total. The Morgan fingerprint density at radius 2 is 1.74 bits per heavy atom. The van der Waals surface area contributed by atoms with E-state index in [2.05, 4.69) is 16.0 Å². The maximum atomic E-state index is 13.0. The second-order valence-corrected chi connectivity index (χ2v) is 7.08. The van der Waals surface area contributed by atoms with Crippen LogP contribution in [0, 0.1) is 0 Å². The normalized spacial score (nSPS) is 16.9. The molecule has 0 atom stereocenters. The van der Waals surface area contributed by atoms with Crippen LogP contribution >= 0.6 is 0 Å². The van der Waals surface area contributed by atoms with Crippen molar-refractivity contribution in [2.45, 2.75) is 19.8 Å². The number of hydrogen-bond donors (Lipinski definition) is 0. The molecule has 2 aliphatic heterocycles. The Bertz CT molecular complexity index is 842. The maximum Gasteiger partial charge on any atom is 0.276 e. The molecule has 0 spiro atoms. The van der Waals surface area contributed by atoms with Crippen LogP contribution in [-0.4, -0.2) is 54.4 Å². The molecule has 0 saturated carbocycles. The first-order chi connectivity index (χ1) is 13.1. The number of hydrogen-bond acceptors (Lipinski definition) is 4. The number of nitrogens with zero attached hydrogens (tertiary/aromatic N) is 4. The van der Waals surface area contributed by atoms with E-state index in [0.29, 0.717) is 5.69 Å². The third-order valence-corrected chi connectivity index (χ3v) is 5.41. The molecule has 2 aliphatic rings. The van der Waals surface area contributed by atoms with Crippen molar-refractivity contribution in [1.82, 2.24) is 9.88 Å². The van der Waals surface area contributed by atoms with E-state index in [1.807, 2.05) is 40.1 Å². The van der Waals surface area contributed by atoms with E-state index >= 15 is 0 Å². The lowest BCUT2D eigenvalue weighted by Gasteiger charge is -2.35. The third-order valence-electron chi connectivity index (χ3n) is 5.41. The average Bonchev–Trinajstić information content (AvgIpc) is 2.73. The van der Waals surface area contributed by atoms with Gasteiger partial charge in [0, 0.05) is 45.3 Å². The maximum absolute atomic E-state index is 13.0. The number of aromatic nitrogens is 1. The first-order valence-corrected chi connectivity index (χ1v) is 9.50. The fourth-order valence-corrected chi connectivity index (χ4v) is 3.86. The summed E-state index contributed by atoms with van der Waals surface area (Å²) in [6.07, 6.45) is 3.76. The minimum absolute atomic E-state index is 0.0462. The van der Waals surface area contributed by atoms with Crippen molar-refractivity contribution >= 4 is 23.2 Å². The van der Waals surface area contributed by atoms with E-state index in [4.69, 9.17) is 0 Å². The number of carbonyl (C=O) groups is 2. The Morgan fingerprint density at radius 3 is 2.44 bits per heavy atom. The molecule has 0 N–H and O–H groups in total. The number of amides is 2. The number of fused-ring (bicyclic) bond motifs is 1. The van der Waals surface area contributed by atoms with Crippen molar-refractivity contribution in [3.8, 4) is 0 Å². The first-order valence-electron chi connectivity index (χ1n) is 9.50. The largest absolute Gasteiger partial charge is 0.367 e.